The van der Waals surface area contributed by atoms with Crippen molar-refractivity contribution in [1.82, 2.24) is 10.3 Å². The monoisotopic (exact) mass is 175 g/mol. The lowest BCUT2D eigenvalue weighted by Crippen LogP contribution is -2.22. The standard InChI is InChI=1S/C10H13N3/c1-8(2)13-7-9-4-3-5-12-10(9)6-11/h3-5,8,13H,7H2,1-2H3. The van der Waals surface area contributed by atoms with Crippen molar-refractivity contribution in [2.45, 2.75) is 26.4 Å². The van der Waals surface area contributed by atoms with E-state index in [4.69, 9.17) is 5.26 Å². The Balaban J connectivity index is 2.71. The van der Waals surface area contributed by atoms with E-state index in [0.717, 1.165) is 5.56 Å². The number of nitrogens with zero attached hydrogens (tertiary/aromatic N) is 2. The molecule has 1 aromatic heterocycles. The molecule has 0 fully saturated rings. The Morgan fingerprint density at radius 3 is 3.00 bits per heavy atom. The molecule has 68 valence electrons. The van der Waals surface area contributed by atoms with Gasteiger partial charge >= 0.3 is 0 Å². The highest BCUT2D eigenvalue weighted by molar-refractivity contribution is 5.30. The summed E-state index contributed by atoms with van der Waals surface area (Å²) in [5.74, 6) is 0. The maximum absolute atomic E-state index is 8.74. The highest BCUT2D eigenvalue weighted by atomic mass is 14.9. The molecule has 0 aliphatic carbocycles. The van der Waals surface area contributed by atoms with Gasteiger partial charge in [0.2, 0.25) is 0 Å². The zero-order valence-corrected chi connectivity index (χ0v) is 7.91. The number of nitriles is 1. The third kappa shape index (κ3) is 2.85. The van der Waals surface area contributed by atoms with Crippen LogP contribution in [0.4, 0.5) is 0 Å². The Morgan fingerprint density at radius 1 is 1.62 bits per heavy atom. The van der Waals surface area contributed by atoms with Gasteiger partial charge in [0.25, 0.3) is 0 Å². The van der Waals surface area contributed by atoms with Gasteiger partial charge in [0.1, 0.15) is 11.8 Å². The van der Waals surface area contributed by atoms with E-state index < -0.39 is 0 Å². The van der Waals surface area contributed by atoms with Crippen molar-refractivity contribution in [2.75, 3.05) is 0 Å². The molecule has 0 spiro atoms. The van der Waals surface area contributed by atoms with Gasteiger partial charge in [0, 0.05) is 24.3 Å². The average molecular weight is 175 g/mol. The number of pyridine rings is 1. The van der Waals surface area contributed by atoms with Gasteiger partial charge in [-0.05, 0) is 6.07 Å². The van der Waals surface area contributed by atoms with Crippen LogP contribution in [-0.4, -0.2) is 11.0 Å². The zero-order chi connectivity index (χ0) is 9.68. The van der Waals surface area contributed by atoms with E-state index in [2.05, 4.69) is 30.2 Å². The maximum atomic E-state index is 8.74. The maximum Gasteiger partial charge on any atom is 0.144 e. The van der Waals surface area contributed by atoms with Crippen LogP contribution in [0.15, 0.2) is 18.3 Å². The summed E-state index contributed by atoms with van der Waals surface area (Å²) >= 11 is 0. The Morgan fingerprint density at radius 2 is 2.38 bits per heavy atom. The summed E-state index contributed by atoms with van der Waals surface area (Å²) in [6, 6.07) is 6.25. The third-order valence-electron chi connectivity index (χ3n) is 1.70. The second kappa shape index (κ2) is 4.58. The van der Waals surface area contributed by atoms with Crippen molar-refractivity contribution in [1.29, 1.82) is 5.26 Å². The fourth-order valence-electron chi connectivity index (χ4n) is 0.996. The molecule has 0 saturated heterocycles. The molecule has 0 aliphatic rings. The summed E-state index contributed by atoms with van der Waals surface area (Å²) in [5.41, 5.74) is 1.47. The van der Waals surface area contributed by atoms with E-state index >= 15 is 0 Å². The normalized spacial score (nSPS) is 10.0. The number of nitrogens with one attached hydrogen (secondary N) is 1. The van der Waals surface area contributed by atoms with Gasteiger partial charge in [-0.15, -0.1) is 0 Å². The lowest BCUT2D eigenvalue weighted by Gasteiger charge is -2.08. The molecule has 1 rings (SSSR count). The van der Waals surface area contributed by atoms with E-state index in [9.17, 15) is 0 Å². The molecule has 0 saturated carbocycles. The van der Waals surface area contributed by atoms with Crippen LogP contribution in [0, 0.1) is 11.3 Å². The Kier molecular flexibility index (Phi) is 3.41. The van der Waals surface area contributed by atoms with Crippen LogP contribution in [0.1, 0.15) is 25.1 Å². The van der Waals surface area contributed by atoms with E-state index in [0.29, 0.717) is 18.3 Å². The first-order valence-corrected chi connectivity index (χ1v) is 4.31. The Labute approximate surface area is 78.4 Å². The number of rotatable bonds is 3. The largest absolute Gasteiger partial charge is 0.310 e. The summed E-state index contributed by atoms with van der Waals surface area (Å²) in [4.78, 5) is 3.97. The highest BCUT2D eigenvalue weighted by Gasteiger charge is 2.01. The molecule has 0 atom stereocenters. The van der Waals surface area contributed by atoms with Gasteiger partial charge in [-0.3, -0.25) is 0 Å². The van der Waals surface area contributed by atoms with Crippen LogP contribution in [0.25, 0.3) is 0 Å². The minimum atomic E-state index is 0.423. The molecule has 0 bridgehead atoms. The van der Waals surface area contributed by atoms with Crippen LogP contribution in [0.3, 0.4) is 0 Å². The van der Waals surface area contributed by atoms with Crippen molar-refractivity contribution in [3.63, 3.8) is 0 Å². The first-order valence-electron chi connectivity index (χ1n) is 4.31. The molecular weight excluding hydrogens is 162 g/mol. The second-order valence-electron chi connectivity index (χ2n) is 3.16. The van der Waals surface area contributed by atoms with Crippen LogP contribution < -0.4 is 5.32 Å². The molecule has 1 aromatic rings. The average Bonchev–Trinajstić information content (AvgIpc) is 2.15. The Bertz CT molecular complexity index is 312. The molecular formula is C10H13N3. The van der Waals surface area contributed by atoms with Gasteiger partial charge in [0.15, 0.2) is 0 Å². The summed E-state index contributed by atoms with van der Waals surface area (Å²) in [6.07, 6.45) is 1.64. The number of aromatic nitrogens is 1. The van der Waals surface area contributed by atoms with Gasteiger partial charge in [-0.1, -0.05) is 19.9 Å². The van der Waals surface area contributed by atoms with E-state index in [1.165, 1.54) is 0 Å². The first-order chi connectivity index (χ1) is 6.24. The van der Waals surface area contributed by atoms with Gasteiger partial charge < -0.3 is 5.32 Å². The Hall–Kier alpha value is -1.40. The predicted molar refractivity (Wildman–Crippen MR) is 50.9 cm³/mol. The zero-order valence-electron chi connectivity index (χ0n) is 7.91. The van der Waals surface area contributed by atoms with Crippen LogP contribution in [-0.2, 0) is 6.54 Å². The molecule has 1 heterocycles. The smallest absolute Gasteiger partial charge is 0.144 e. The van der Waals surface area contributed by atoms with Crippen molar-refractivity contribution in [3.05, 3.63) is 29.6 Å². The van der Waals surface area contributed by atoms with Gasteiger partial charge in [0.05, 0.1) is 0 Å². The topological polar surface area (TPSA) is 48.7 Å². The first kappa shape index (κ1) is 9.69. The molecule has 0 aromatic carbocycles. The molecule has 0 amide bonds. The van der Waals surface area contributed by atoms with E-state index in [-0.39, 0.29) is 0 Å². The van der Waals surface area contributed by atoms with E-state index in [1.807, 2.05) is 12.1 Å². The summed E-state index contributed by atoms with van der Waals surface area (Å²) < 4.78 is 0. The van der Waals surface area contributed by atoms with Crippen LogP contribution >= 0.6 is 0 Å². The number of hydrogen-bond acceptors (Lipinski definition) is 3. The molecule has 3 nitrogen and oxygen atoms in total. The van der Waals surface area contributed by atoms with Crippen LogP contribution in [0.5, 0.6) is 0 Å². The quantitative estimate of drug-likeness (QED) is 0.756. The molecule has 0 radical (unpaired) electrons. The summed E-state index contributed by atoms with van der Waals surface area (Å²) in [7, 11) is 0. The highest BCUT2D eigenvalue weighted by Crippen LogP contribution is 2.03. The minimum absolute atomic E-state index is 0.423. The summed E-state index contributed by atoms with van der Waals surface area (Å²) in [5, 5.41) is 12.0. The summed E-state index contributed by atoms with van der Waals surface area (Å²) in [6.45, 7) is 4.85. The third-order valence-corrected chi connectivity index (χ3v) is 1.70. The molecule has 13 heavy (non-hydrogen) atoms. The molecule has 3 heteroatoms. The van der Waals surface area contributed by atoms with Gasteiger partial charge in [-0.2, -0.15) is 5.26 Å². The van der Waals surface area contributed by atoms with Crippen molar-refractivity contribution in [2.24, 2.45) is 0 Å². The SMILES string of the molecule is CC(C)NCc1cccnc1C#N. The van der Waals surface area contributed by atoms with Crippen molar-refractivity contribution in [3.8, 4) is 6.07 Å². The lowest BCUT2D eigenvalue weighted by atomic mass is 10.2. The molecule has 1 N–H and O–H groups in total. The lowest BCUT2D eigenvalue weighted by molar-refractivity contribution is 0.587. The fourth-order valence-corrected chi connectivity index (χ4v) is 0.996. The van der Waals surface area contributed by atoms with Crippen LogP contribution in [0.2, 0.25) is 0 Å². The van der Waals surface area contributed by atoms with Gasteiger partial charge in [-0.25, -0.2) is 4.98 Å². The van der Waals surface area contributed by atoms with Crippen molar-refractivity contribution < 1.29 is 0 Å². The van der Waals surface area contributed by atoms with Crippen molar-refractivity contribution >= 4 is 0 Å². The van der Waals surface area contributed by atoms with E-state index in [1.54, 1.807) is 6.20 Å². The molecule has 0 aliphatic heterocycles. The minimum Gasteiger partial charge on any atom is -0.310 e. The molecule has 0 unspecified atom stereocenters. The predicted octanol–water partition coefficient (Wildman–Crippen LogP) is 1.45. The fraction of sp³-hybridized carbons (Fsp3) is 0.400. The second-order valence-corrected chi connectivity index (χ2v) is 3.16. The number of hydrogen-bond donors (Lipinski definition) is 1.